The molecule has 0 saturated carbocycles. The Labute approximate surface area is 169 Å². The molecule has 2 unspecified atom stereocenters. The first-order valence-electron chi connectivity index (χ1n) is 10.9. The van der Waals surface area contributed by atoms with E-state index in [1.165, 1.54) is 0 Å². The zero-order valence-corrected chi connectivity index (χ0v) is 17.6. The Balaban J connectivity index is 2.24. The lowest BCUT2D eigenvalue weighted by Gasteiger charge is -2.27. The molecule has 1 rings (SSSR count). The highest BCUT2D eigenvalue weighted by Gasteiger charge is 2.23. The van der Waals surface area contributed by atoms with Gasteiger partial charge in [0.25, 0.3) is 0 Å². The van der Waals surface area contributed by atoms with Gasteiger partial charge in [-0.05, 0) is 58.4 Å². The number of esters is 2. The number of unbranched alkanes of at least 4 members (excludes halogenated alkanes) is 3. The van der Waals surface area contributed by atoms with Crippen LogP contribution in [0.3, 0.4) is 0 Å². The number of aliphatic hydroxyl groups excluding tert-OH is 1. The van der Waals surface area contributed by atoms with E-state index in [4.69, 9.17) is 14.2 Å². The third-order valence-electron chi connectivity index (χ3n) is 5.14. The van der Waals surface area contributed by atoms with E-state index >= 15 is 0 Å². The minimum absolute atomic E-state index is 0.142. The lowest BCUT2D eigenvalue weighted by atomic mass is 9.92. The van der Waals surface area contributed by atoms with E-state index in [0.29, 0.717) is 39.0 Å². The van der Waals surface area contributed by atoms with Crippen LogP contribution in [0.2, 0.25) is 0 Å². The van der Waals surface area contributed by atoms with Crippen molar-refractivity contribution in [3.05, 3.63) is 0 Å². The molecule has 0 radical (unpaired) electrons. The first-order chi connectivity index (χ1) is 13.6. The topological polar surface area (TPSA) is 94.1 Å². The Morgan fingerprint density at radius 2 is 1.71 bits per heavy atom. The van der Waals surface area contributed by atoms with Gasteiger partial charge in [0.15, 0.2) is 0 Å². The molecular formula is C21H39NO6. The van der Waals surface area contributed by atoms with E-state index < -0.39 is 0 Å². The number of hydrogen-bond donors (Lipinski definition) is 2. The highest BCUT2D eigenvalue weighted by atomic mass is 16.5. The molecule has 0 bridgehead atoms. The Kier molecular flexibility index (Phi) is 13.9. The third kappa shape index (κ3) is 11.0. The summed E-state index contributed by atoms with van der Waals surface area (Å²) >= 11 is 0. The molecule has 0 aromatic heterocycles. The molecule has 1 aliphatic rings. The predicted octanol–water partition coefficient (Wildman–Crippen LogP) is 2.59. The molecule has 2 atom stereocenters. The first kappa shape index (κ1) is 24.9. The van der Waals surface area contributed by atoms with Crippen LogP contribution in [0.4, 0.5) is 0 Å². The molecule has 0 aliphatic carbocycles. The van der Waals surface area contributed by atoms with Crippen molar-refractivity contribution in [3.63, 3.8) is 0 Å². The Morgan fingerprint density at radius 3 is 2.39 bits per heavy atom. The van der Waals surface area contributed by atoms with Gasteiger partial charge in [-0.15, -0.1) is 0 Å². The van der Waals surface area contributed by atoms with E-state index in [0.717, 1.165) is 51.7 Å². The molecule has 7 nitrogen and oxygen atoms in total. The van der Waals surface area contributed by atoms with Crippen LogP contribution in [0.25, 0.3) is 0 Å². The number of rotatable bonds is 15. The SMILES string of the molecule is CCOC(=O)CCCCCCC(NCCC(O)C1CCOCC1)C(=O)OCC. The van der Waals surface area contributed by atoms with Gasteiger partial charge in [-0.25, -0.2) is 0 Å². The molecule has 0 aromatic rings. The van der Waals surface area contributed by atoms with Crippen LogP contribution in [-0.4, -0.2) is 62.2 Å². The maximum Gasteiger partial charge on any atom is 0.323 e. The van der Waals surface area contributed by atoms with Crippen molar-refractivity contribution in [2.24, 2.45) is 5.92 Å². The van der Waals surface area contributed by atoms with Gasteiger partial charge in [0, 0.05) is 19.6 Å². The molecule has 1 fully saturated rings. The van der Waals surface area contributed by atoms with Gasteiger partial charge in [-0.1, -0.05) is 19.3 Å². The molecule has 0 spiro atoms. The summed E-state index contributed by atoms with van der Waals surface area (Å²) in [5.41, 5.74) is 0. The van der Waals surface area contributed by atoms with E-state index in [9.17, 15) is 14.7 Å². The number of aliphatic hydroxyl groups is 1. The highest BCUT2D eigenvalue weighted by molar-refractivity contribution is 5.75. The van der Waals surface area contributed by atoms with Gasteiger partial charge in [0.1, 0.15) is 6.04 Å². The van der Waals surface area contributed by atoms with Crippen molar-refractivity contribution in [2.75, 3.05) is 33.0 Å². The maximum atomic E-state index is 12.2. The molecule has 28 heavy (non-hydrogen) atoms. The zero-order valence-electron chi connectivity index (χ0n) is 17.6. The quantitative estimate of drug-likeness (QED) is 0.322. The largest absolute Gasteiger partial charge is 0.466 e. The van der Waals surface area contributed by atoms with Crippen molar-refractivity contribution in [1.82, 2.24) is 5.32 Å². The molecule has 0 amide bonds. The zero-order chi connectivity index (χ0) is 20.6. The molecule has 7 heteroatoms. The van der Waals surface area contributed by atoms with Crippen LogP contribution in [0, 0.1) is 5.92 Å². The van der Waals surface area contributed by atoms with Gasteiger partial charge in [-0.2, -0.15) is 0 Å². The molecule has 0 aromatic carbocycles. The van der Waals surface area contributed by atoms with E-state index in [1.54, 1.807) is 6.92 Å². The minimum atomic E-state index is -0.359. The monoisotopic (exact) mass is 401 g/mol. The second-order valence-corrected chi connectivity index (χ2v) is 7.32. The molecule has 1 saturated heterocycles. The van der Waals surface area contributed by atoms with E-state index in [2.05, 4.69) is 5.32 Å². The Morgan fingerprint density at radius 1 is 1.04 bits per heavy atom. The van der Waals surface area contributed by atoms with Gasteiger partial charge in [-0.3, -0.25) is 9.59 Å². The minimum Gasteiger partial charge on any atom is -0.466 e. The molecule has 1 heterocycles. The number of carbonyl (C=O) groups excluding carboxylic acids is 2. The fourth-order valence-corrected chi connectivity index (χ4v) is 3.49. The van der Waals surface area contributed by atoms with Crippen molar-refractivity contribution in [2.45, 2.75) is 83.8 Å². The number of ether oxygens (including phenoxy) is 3. The summed E-state index contributed by atoms with van der Waals surface area (Å²) in [4.78, 5) is 23.5. The average Bonchev–Trinajstić information content (AvgIpc) is 2.70. The van der Waals surface area contributed by atoms with Crippen LogP contribution in [0.5, 0.6) is 0 Å². The summed E-state index contributed by atoms with van der Waals surface area (Å²) in [6.45, 7) is 6.43. The summed E-state index contributed by atoms with van der Waals surface area (Å²) in [5.74, 6) is -0.0813. The molecule has 1 aliphatic heterocycles. The van der Waals surface area contributed by atoms with E-state index in [1.807, 2.05) is 6.92 Å². The molecular weight excluding hydrogens is 362 g/mol. The van der Waals surface area contributed by atoms with Gasteiger partial charge in [0.2, 0.25) is 0 Å². The molecule has 164 valence electrons. The normalized spacial score (nSPS) is 17.1. The maximum absolute atomic E-state index is 12.2. The van der Waals surface area contributed by atoms with Crippen LogP contribution in [0.15, 0.2) is 0 Å². The summed E-state index contributed by atoms with van der Waals surface area (Å²) < 4.78 is 15.4. The summed E-state index contributed by atoms with van der Waals surface area (Å²) in [5, 5.41) is 13.6. The third-order valence-corrected chi connectivity index (χ3v) is 5.14. The summed E-state index contributed by atoms with van der Waals surface area (Å²) in [6.07, 6.45) is 6.82. The summed E-state index contributed by atoms with van der Waals surface area (Å²) in [6, 6.07) is -0.341. The first-order valence-corrected chi connectivity index (χ1v) is 10.9. The standard InChI is InChI=1S/C21H39NO6/c1-3-27-20(24)10-8-6-5-7-9-18(21(25)28-4-2)22-14-11-19(23)17-12-15-26-16-13-17/h17-19,22-23H,3-16H2,1-2H3. The van der Waals surface area contributed by atoms with Crippen LogP contribution >= 0.6 is 0 Å². The lowest BCUT2D eigenvalue weighted by Crippen LogP contribution is -2.40. The highest BCUT2D eigenvalue weighted by Crippen LogP contribution is 2.20. The lowest BCUT2D eigenvalue weighted by molar-refractivity contribution is -0.146. The fourth-order valence-electron chi connectivity index (χ4n) is 3.49. The van der Waals surface area contributed by atoms with Crippen molar-refractivity contribution >= 4 is 11.9 Å². The van der Waals surface area contributed by atoms with Crippen molar-refractivity contribution in [1.29, 1.82) is 0 Å². The Bertz CT molecular complexity index is 425. The predicted molar refractivity (Wildman–Crippen MR) is 107 cm³/mol. The van der Waals surface area contributed by atoms with Crippen molar-refractivity contribution in [3.8, 4) is 0 Å². The van der Waals surface area contributed by atoms with Gasteiger partial charge in [0.05, 0.1) is 19.3 Å². The van der Waals surface area contributed by atoms with Crippen LogP contribution in [0.1, 0.15) is 71.6 Å². The number of hydrogen-bond acceptors (Lipinski definition) is 7. The fraction of sp³-hybridized carbons (Fsp3) is 0.905. The van der Waals surface area contributed by atoms with Gasteiger partial charge < -0.3 is 24.6 Å². The number of carbonyl (C=O) groups is 2. The van der Waals surface area contributed by atoms with Gasteiger partial charge >= 0.3 is 11.9 Å². The second-order valence-electron chi connectivity index (χ2n) is 7.32. The summed E-state index contributed by atoms with van der Waals surface area (Å²) in [7, 11) is 0. The van der Waals surface area contributed by atoms with Crippen molar-refractivity contribution < 1.29 is 28.9 Å². The number of nitrogens with one attached hydrogen (secondary N) is 1. The second kappa shape index (κ2) is 15.7. The van der Waals surface area contributed by atoms with Crippen LogP contribution < -0.4 is 5.32 Å². The smallest absolute Gasteiger partial charge is 0.323 e. The Hall–Kier alpha value is -1.18. The van der Waals surface area contributed by atoms with Crippen LogP contribution in [-0.2, 0) is 23.8 Å². The average molecular weight is 402 g/mol. The van der Waals surface area contributed by atoms with E-state index in [-0.39, 0.29) is 30.0 Å². The molecule has 2 N–H and O–H groups in total.